The second-order valence-electron chi connectivity index (χ2n) is 5.78. The fourth-order valence-electron chi connectivity index (χ4n) is 2.57. The van der Waals surface area contributed by atoms with Crippen molar-refractivity contribution < 1.29 is 31.5 Å². The van der Waals surface area contributed by atoms with Crippen molar-refractivity contribution in [3.8, 4) is 12.1 Å². The van der Waals surface area contributed by atoms with Crippen molar-refractivity contribution in [1.82, 2.24) is 10.2 Å². The number of nitrogens with one attached hydrogen (secondary N) is 1. The summed E-state index contributed by atoms with van der Waals surface area (Å²) >= 11 is 0. The fraction of sp³-hybridized carbons (Fsp3) is 0.375. The highest BCUT2D eigenvalue weighted by atomic mass is 19.4. The maximum absolute atomic E-state index is 13.3. The van der Waals surface area contributed by atoms with E-state index in [1.807, 2.05) is 5.32 Å². The van der Waals surface area contributed by atoms with Gasteiger partial charge in [-0.05, 0) is 18.2 Å². The SMILES string of the molecule is N#Cc1ccc(C(=O)NCC(=O)N2CC(F)(F)C[C@H]2C#N)cc1C(F)(F)F. The smallest absolute Gasteiger partial charge is 0.343 e. The minimum atomic E-state index is -4.86. The Hall–Kier alpha value is -3.21. The van der Waals surface area contributed by atoms with E-state index in [4.69, 9.17) is 10.5 Å². The van der Waals surface area contributed by atoms with Gasteiger partial charge < -0.3 is 10.2 Å². The van der Waals surface area contributed by atoms with E-state index in [-0.39, 0.29) is 0 Å². The molecule has 1 fully saturated rings. The van der Waals surface area contributed by atoms with Crippen molar-refractivity contribution in [2.75, 3.05) is 13.1 Å². The molecule has 1 heterocycles. The average Bonchev–Trinajstić information content (AvgIpc) is 2.93. The third-order valence-corrected chi connectivity index (χ3v) is 3.85. The second-order valence-corrected chi connectivity index (χ2v) is 5.78. The number of amides is 2. The number of benzene rings is 1. The fourth-order valence-corrected chi connectivity index (χ4v) is 2.57. The molecular weight excluding hydrogens is 375 g/mol. The van der Waals surface area contributed by atoms with Gasteiger partial charge in [-0.1, -0.05) is 0 Å². The molecule has 0 unspecified atom stereocenters. The maximum atomic E-state index is 13.3. The minimum Gasteiger partial charge on any atom is -0.343 e. The van der Waals surface area contributed by atoms with Crippen molar-refractivity contribution in [2.45, 2.75) is 24.6 Å². The lowest BCUT2D eigenvalue weighted by atomic mass is 10.0. The molecule has 1 aliphatic rings. The topological polar surface area (TPSA) is 97.0 Å². The molecule has 2 rings (SSSR count). The Labute approximate surface area is 149 Å². The summed E-state index contributed by atoms with van der Waals surface area (Å²) in [4.78, 5) is 24.6. The van der Waals surface area contributed by atoms with Crippen molar-refractivity contribution in [3.05, 3.63) is 34.9 Å². The van der Waals surface area contributed by atoms with Gasteiger partial charge in [0.1, 0.15) is 6.04 Å². The molecule has 0 aromatic heterocycles. The molecule has 0 bridgehead atoms. The maximum Gasteiger partial charge on any atom is 0.417 e. The summed E-state index contributed by atoms with van der Waals surface area (Å²) in [5, 5.41) is 19.6. The van der Waals surface area contributed by atoms with Gasteiger partial charge in [-0.3, -0.25) is 9.59 Å². The van der Waals surface area contributed by atoms with Gasteiger partial charge in [0.2, 0.25) is 5.91 Å². The Bertz CT molecular complexity index is 854. The van der Waals surface area contributed by atoms with Crippen LogP contribution in [-0.2, 0) is 11.0 Å². The number of halogens is 5. The highest BCUT2D eigenvalue weighted by Gasteiger charge is 2.47. The predicted octanol–water partition coefficient (Wildman–Crippen LogP) is 2.07. The zero-order valence-electron chi connectivity index (χ0n) is 13.5. The summed E-state index contributed by atoms with van der Waals surface area (Å²) in [6.45, 7) is -1.75. The molecule has 0 saturated carbocycles. The number of hydrogen-bond acceptors (Lipinski definition) is 4. The van der Waals surface area contributed by atoms with Gasteiger partial charge in [-0.25, -0.2) is 8.78 Å². The van der Waals surface area contributed by atoms with E-state index >= 15 is 0 Å². The summed E-state index contributed by atoms with van der Waals surface area (Å²) in [5.74, 6) is -5.25. The largest absolute Gasteiger partial charge is 0.417 e. The molecule has 6 nitrogen and oxygen atoms in total. The molecule has 1 saturated heterocycles. The Balaban J connectivity index is 2.09. The summed E-state index contributed by atoms with van der Waals surface area (Å²) in [6, 6.07) is 3.81. The predicted molar refractivity (Wildman–Crippen MR) is 79.2 cm³/mol. The lowest BCUT2D eigenvalue weighted by molar-refractivity contribution is -0.137. The van der Waals surface area contributed by atoms with Crippen molar-refractivity contribution >= 4 is 11.8 Å². The van der Waals surface area contributed by atoms with Crippen molar-refractivity contribution in [1.29, 1.82) is 10.5 Å². The van der Waals surface area contributed by atoms with Crippen molar-refractivity contribution in [2.24, 2.45) is 0 Å². The molecule has 0 spiro atoms. The third kappa shape index (κ3) is 4.50. The van der Waals surface area contributed by atoms with Crippen LogP contribution in [0.25, 0.3) is 0 Å². The molecule has 1 aromatic rings. The van der Waals surface area contributed by atoms with Crippen LogP contribution >= 0.6 is 0 Å². The zero-order valence-corrected chi connectivity index (χ0v) is 13.5. The van der Waals surface area contributed by atoms with Crippen LogP contribution in [0.4, 0.5) is 22.0 Å². The number of nitrogens with zero attached hydrogens (tertiary/aromatic N) is 3. The summed E-state index contributed by atoms with van der Waals surface area (Å²) < 4.78 is 65.4. The van der Waals surface area contributed by atoms with E-state index in [1.54, 1.807) is 6.07 Å². The highest BCUT2D eigenvalue weighted by molar-refractivity contribution is 5.96. The Kier molecular flexibility index (Phi) is 5.36. The first-order chi connectivity index (χ1) is 12.5. The van der Waals surface area contributed by atoms with Gasteiger partial charge in [0, 0.05) is 12.0 Å². The Morgan fingerprint density at radius 2 is 1.96 bits per heavy atom. The van der Waals surface area contributed by atoms with Crippen LogP contribution in [-0.4, -0.2) is 41.8 Å². The lowest BCUT2D eigenvalue weighted by Gasteiger charge is -2.19. The quantitative estimate of drug-likeness (QED) is 0.805. The summed E-state index contributed by atoms with van der Waals surface area (Å²) in [7, 11) is 0. The van der Waals surface area contributed by atoms with Gasteiger partial charge in [-0.15, -0.1) is 0 Å². The van der Waals surface area contributed by atoms with Crippen LogP contribution in [0.1, 0.15) is 27.9 Å². The number of hydrogen-bond donors (Lipinski definition) is 1. The van der Waals surface area contributed by atoms with Crippen LogP contribution in [0.5, 0.6) is 0 Å². The molecule has 27 heavy (non-hydrogen) atoms. The van der Waals surface area contributed by atoms with E-state index in [0.717, 1.165) is 12.1 Å². The minimum absolute atomic E-state index is 0.459. The molecule has 1 atom stereocenters. The van der Waals surface area contributed by atoms with Crippen LogP contribution in [0.3, 0.4) is 0 Å². The highest BCUT2D eigenvalue weighted by Crippen LogP contribution is 2.33. The van der Waals surface area contributed by atoms with Crippen LogP contribution in [0, 0.1) is 22.7 Å². The van der Waals surface area contributed by atoms with Gasteiger partial charge >= 0.3 is 6.18 Å². The van der Waals surface area contributed by atoms with E-state index in [1.165, 1.54) is 6.07 Å². The number of rotatable bonds is 3. The molecule has 1 N–H and O–H groups in total. The Morgan fingerprint density at radius 1 is 1.30 bits per heavy atom. The molecule has 0 aliphatic carbocycles. The van der Waals surface area contributed by atoms with Crippen molar-refractivity contribution in [3.63, 3.8) is 0 Å². The number of carbonyl (C=O) groups is 2. The number of carbonyl (C=O) groups excluding carboxylic acids is 2. The number of alkyl halides is 5. The standard InChI is InChI=1S/C16H11F5N4O2/c17-15(18)4-11(6-23)25(8-15)13(26)7-24-14(27)9-1-2-10(5-22)12(3-9)16(19,20)21/h1-3,11H,4,7-8H2,(H,24,27)/t11-/m0/s1. The average molecular weight is 386 g/mol. The van der Waals surface area contributed by atoms with Crippen LogP contribution < -0.4 is 5.32 Å². The van der Waals surface area contributed by atoms with E-state index < -0.39 is 66.2 Å². The molecule has 1 aromatic carbocycles. The van der Waals surface area contributed by atoms with Gasteiger partial charge in [0.05, 0.1) is 36.4 Å². The van der Waals surface area contributed by atoms with E-state index in [9.17, 15) is 31.5 Å². The van der Waals surface area contributed by atoms with Gasteiger partial charge in [-0.2, -0.15) is 23.7 Å². The molecule has 11 heteroatoms. The molecule has 1 aliphatic heterocycles. The normalized spacial score (nSPS) is 18.5. The first-order valence-electron chi connectivity index (χ1n) is 7.45. The first kappa shape index (κ1) is 20.1. The first-order valence-corrected chi connectivity index (χ1v) is 7.45. The molecule has 2 amide bonds. The lowest BCUT2D eigenvalue weighted by Crippen LogP contribution is -2.43. The van der Waals surface area contributed by atoms with Gasteiger partial charge in [0.15, 0.2) is 0 Å². The summed E-state index contributed by atoms with van der Waals surface area (Å²) in [6.07, 6.45) is -5.69. The van der Waals surface area contributed by atoms with Crippen LogP contribution in [0.2, 0.25) is 0 Å². The molecule has 142 valence electrons. The van der Waals surface area contributed by atoms with E-state index in [0.29, 0.717) is 11.0 Å². The van der Waals surface area contributed by atoms with E-state index in [2.05, 4.69) is 0 Å². The Morgan fingerprint density at radius 3 is 2.52 bits per heavy atom. The molecule has 0 radical (unpaired) electrons. The second kappa shape index (κ2) is 7.19. The third-order valence-electron chi connectivity index (χ3n) is 3.85. The zero-order chi connectivity index (χ0) is 20.4. The van der Waals surface area contributed by atoms with Gasteiger partial charge in [0.25, 0.3) is 11.8 Å². The molecular formula is C16H11F5N4O2. The number of nitriles is 2. The summed E-state index contributed by atoms with van der Waals surface area (Å²) in [5.41, 5.74) is -2.45. The van der Waals surface area contributed by atoms with Crippen LogP contribution in [0.15, 0.2) is 18.2 Å². The monoisotopic (exact) mass is 386 g/mol. The number of likely N-dealkylation sites (tertiary alicyclic amines) is 1.